The average molecular weight is 345 g/mol. The van der Waals surface area contributed by atoms with Crippen LogP contribution in [-0.2, 0) is 30.6 Å². The summed E-state index contributed by atoms with van der Waals surface area (Å²) in [7, 11) is -3.09. The summed E-state index contributed by atoms with van der Waals surface area (Å²) in [5.41, 5.74) is 0.300. The number of hydrogen-bond acceptors (Lipinski definition) is 6. The van der Waals surface area contributed by atoms with Gasteiger partial charge in [-0.3, -0.25) is 9.59 Å². The van der Waals surface area contributed by atoms with Crippen LogP contribution < -0.4 is 5.32 Å². The van der Waals surface area contributed by atoms with Crippen molar-refractivity contribution in [2.75, 3.05) is 18.1 Å². The second kappa shape index (κ2) is 6.78. The largest absolute Gasteiger partial charge is 0.456 e. The Labute approximate surface area is 133 Å². The molecule has 0 spiro atoms. The predicted octanol–water partition coefficient (Wildman–Crippen LogP) is 0.917. The first-order valence-corrected chi connectivity index (χ1v) is 9.73. The third-order valence-corrected chi connectivity index (χ3v) is 6.14. The van der Waals surface area contributed by atoms with Crippen molar-refractivity contribution in [2.45, 2.75) is 31.7 Å². The standard InChI is InChI=1S/C14H19NO5S2/c1-14(5-7-22(18,19)10-14)15-12(16)8-20-13(17)3-2-11-4-6-21-9-11/h4,6,9H,2-3,5,7-8,10H2,1H3,(H,15,16)/t14-/m1/s1. The molecule has 1 saturated heterocycles. The predicted molar refractivity (Wildman–Crippen MR) is 83.4 cm³/mol. The van der Waals surface area contributed by atoms with Gasteiger partial charge in [-0.2, -0.15) is 11.3 Å². The van der Waals surface area contributed by atoms with Crippen LogP contribution >= 0.6 is 11.3 Å². The van der Waals surface area contributed by atoms with Crippen LogP contribution in [0.4, 0.5) is 0 Å². The van der Waals surface area contributed by atoms with Gasteiger partial charge in [0.1, 0.15) is 0 Å². The van der Waals surface area contributed by atoms with Crippen molar-refractivity contribution < 1.29 is 22.7 Å². The van der Waals surface area contributed by atoms with Gasteiger partial charge in [0.25, 0.3) is 5.91 Å². The molecule has 0 bridgehead atoms. The summed E-state index contributed by atoms with van der Waals surface area (Å²) in [6, 6.07) is 1.94. The Kier molecular flexibility index (Phi) is 5.23. The fourth-order valence-electron chi connectivity index (χ4n) is 2.38. The third kappa shape index (κ3) is 5.10. The molecule has 1 atom stereocenters. The van der Waals surface area contributed by atoms with Crippen LogP contribution in [0.25, 0.3) is 0 Å². The van der Waals surface area contributed by atoms with Crippen molar-refractivity contribution in [1.82, 2.24) is 5.32 Å². The molecule has 6 nitrogen and oxygen atoms in total. The maximum absolute atomic E-state index is 11.8. The van der Waals surface area contributed by atoms with Crippen molar-refractivity contribution in [1.29, 1.82) is 0 Å². The number of carbonyl (C=O) groups is 2. The van der Waals surface area contributed by atoms with E-state index >= 15 is 0 Å². The molecule has 1 aromatic heterocycles. The molecule has 0 radical (unpaired) electrons. The summed E-state index contributed by atoms with van der Waals surface area (Å²) in [5, 5.41) is 6.54. The second-order valence-electron chi connectivity index (χ2n) is 5.74. The van der Waals surface area contributed by atoms with Crippen LogP contribution in [0.15, 0.2) is 16.8 Å². The highest BCUT2D eigenvalue weighted by atomic mass is 32.2. The van der Waals surface area contributed by atoms with Gasteiger partial charge in [0.05, 0.1) is 17.0 Å². The summed E-state index contributed by atoms with van der Waals surface area (Å²) in [4.78, 5) is 23.3. The molecule has 1 amide bonds. The summed E-state index contributed by atoms with van der Waals surface area (Å²) in [5.74, 6) is -0.906. The van der Waals surface area contributed by atoms with Gasteiger partial charge in [0, 0.05) is 6.42 Å². The van der Waals surface area contributed by atoms with Crippen LogP contribution in [0.1, 0.15) is 25.3 Å². The highest BCUT2D eigenvalue weighted by Gasteiger charge is 2.39. The van der Waals surface area contributed by atoms with E-state index in [9.17, 15) is 18.0 Å². The number of carbonyl (C=O) groups excluding carboxylic acids is 2. The van der Waals surface area contributed by atoms with Crippen LogP contribution in [0, 0.1) is 0 Å². The molecule has 0 saturated carbocycles. The Morgan fingerprint density at radius 3 is 2.82 bits per heavy atom. The number of esters is 1. The molecular formula is C14H19NO5S2. The minimum absolute atomic E-state index is 0.0716. The van der Waals surface area contributed by atoms with E-state index in [1.807, 2.05) is 16.8 Å². The smallest absolute Gasteiger partial charge is 0.306 e. The maximum Gasteiger partial charge on any atom is 0.306 e. The molecule has 1 aliphatic heterocycles. The number of rotatable bonds is 6. The number of nitrogens with one attached hydrogen (secondary N) is 1. The molecule has 1 fully saturated rings. The lowest BCUT2D eigenvalue weighted by molar-refractivity contribution is -0.148. The first kappa shape index (κ1) is 17.0. The second-order valence-corrected chi connectivity index (χ2v) is 8.71. The lowest BCUT2D eigenvalue weighted by Gasteiger charge is -2.23. The topological polar surface area (TPSA) is 89.5 Å². The summed E-state index contributed by atoms with van der Waals surface area (Å²) in [6.45, 7) is 1.31. The number of aryl methyl sites for hydroxylation is 1. The fourth-order valence-corrected chi connectivity index (χ4v) is 5.18. The van der Waals surface area contributed by atoms with Crippen molar-refractivity contribution in [3.8, 4) is 0 Å². The number of sulfone groups is 1. The van der Waals surface area contributed by atoms with Crippen LogP contribution in [-0.4, -0.2) is 43.9 Å². The molecule has 0 aliphatic carbocycles. The number of thiophene rings is 1. The van der Waals surface area contributed by atoms with Gasteiger partial charge in [-0.05, 0) is 42.2 Å². The molecular weight excluding hydrogens is 326 g/mol. The van der Waals surface area contributed by atoms with Crippen LogP contribution in [0.3, 0.4) is 0 Å². The molecule has 122 valence electrons. The number of ether oxygens (including phenoxy) is 1. The SMILES string of the molecule is C[C@@]1(NC(=O)COC(=O)CCc2ccsc2)CCS(=O)(=O)C1. The number of hydrogen-bond donors (Lipinski definition) is 1. The Morgan fingerprint density at radius 2 is 2.23 bits per heavy atom. The summed E-state index contributed by atoms with van der Waals surface area (Å²) >= 11 is 1.56. The molecule has 1 aromatic rings. The molecule has 0 unspecified atom stereocenters. The highest BCUT2D eigenvalue weighted by molar-refractivity contribution is 7.91. The highest BCUT2D eigenvalue weighted by Crippen LogP contribution is 2.22. The summed E-state index contributed by atoms with van der Waals surface area (Å²) < 4.78 is 27.8. The van der Waals surface area contributed by atoms with Gasteiger partial charge < -0.3 is 10.1 Å². The van der Waals surface area contributed by atoms with E-state index in [4.69, 9.17) is 4.74 Å². The Bertz CT molecular complexity index is 638. The van der Waals surface area contributed by atoms with E-state index in [0.717, 1.165) is 5.56 Å². The Hall–Kier alpha value is -1.41. The van der Waals surface area contributed by atoms with Gasteiger partial charge in [-0.1, -0.05) is 0 Å². The maximum atomic E-state index is 11.8. The zero-order valence-corrected chi connectivity index (χ0v) is 14.0. The van der Waals surface area contributed by atoms with E-state index in [1.165, 1.54) is 0 Å². The minimum atomic E-state index is -3.09. The van der Waals surface area contributed by atoms with E-state index in [2.05, 4.69) is 5.32 Å². The lowest BCUT2D eigenvalue weighted by atomic mass is 10.0. The lowest BCUT2D eigenvalue weighted by Crippen LogP contribution is -2.48. The van der Waals surface area contributed by atoms with Gasteiger partial charge in [-0.15, -0.1) is 0 Å². The first-order chi connectivity index (χ1) is 10.3. The number of amides is 1. The van der Waals surface area contributed by atoms with Crippen LogP contribution in [0.5, 0.6) is 0 Å². The summed E-state index contributed by atoms with van der Waals surface area (Å²) in [6.07, 6.45) is 1.18. The Balaban J connectivity index is 1.70. The molecule has 8 heteroatoms. The van der Waals surface area contributed by atoms with E-state index in [1.54, 1.807) is 18.3 Å². The molecule has 0 aromatic carbocycles. The quantitative estimate of drug-likeness (QED) is 0.774. The van der Waals surface area contributed by atoms with E-state index in [-0.39, 0.29) is 24.5 Å². The van der Waals surface area contributed by atoms with Gasteiger partial charge in [-0.25, -0.2) is 8.42 Å². The minimum Gasteiger partial charge on any atom is -0.456 e. The van der Waals surface area contributed by atoms with Gasteiger partial charge in [0.15, 0.2) is 16.4 Å². The van der Waals surface area contributed by atoms with E-state index in [0.29, 0.717) is 12.8 Å². The molecule has 2 heterocycles. The van der Waals surface area contributed by atoms with E-state index < -0.39 is 27.3 Å². The van der Waals surface area contributed by atoms with Crippen molar-refractivity contribution in [3.05, 3.63) is 22.4 Å². The molecule has 1 N–H and O–H groups in total. The van der Waals surface area contributed by atoms with Crippen molar-refractivity contribution >= 4 is 33.1 Å². The van der Waals surface area contributed by atoms with Gasteiger partial charge in [0.2, 0.25) is 0 Å². The van der Waals surface area contributed by atoms with Crippen molar-refractivity contribution in [3.63, 3.8) is 0 Å². The van der Waals surface area contributed by atoms with Crippen molar-refractivity contribution in [2.24, 2.45) is 0 Å². The molecule has 22 heavy (non-hydrogen) atoms. The zero-order chi connectivity index (χ0) is 16.2. The molecule has 1 aliphatic rings. The average Bonchev–Trinajstić information content (AvgIpc) is 3.02. The van der Waals surface area contributed by atoms with Crippen LogP contribution in [0.2, 0.25) is 0 Å². The van der Waals surface area contributed by atoms with Gasteiger partial charge >= 0.3 is 5.97 Å². The third-order valence-electron chi connectivity index (χ3n) is 3.51. The molecule has 2 rings (SSSR count). The monoisotopic (exact) mass is 345 g/mol. The zero-order valence-electron chi connectivity index (χ0n) is 12.3. The normalized spacial score (nSPS) is 23.1. The first-order valence-electron chi connectivity index (χ1n) is 6.96. The fraction of sp³-hybridized carbons (Fsp3) is 0.571. The Morgan fingerprint density at radius 1 is 1.45 bits per heavy atom.